The van der Waals surface area contributed by atoms with E-state index in [4.69, 9.17) is 0 Å². The van der Waals surface area contributed by atoms with E-state index in [2.05, 4.69) is 21.2 Å². The first kappa shape index (κ1) is 15.5. The largest absolute Gasteiger partial charge is 0.321 e. The second-order valence-electron chi connectivity index (χ2n) is 4.89. The molecule has 0 unspecified atom stereocenters. The van der Waals surface area contributed by atoms with Crippen LogP contribution >= 0.6 is 15.9 Å². The quantitative estimate of drug-likeness (QED) is 0.917. The van der Waals surface area contributed by atoms with Gasteiger partial charge in [0.2, 0.25) is 0 Å². The van der Waals surface area contributed by atoms with E-state index < -0.39 is 0 Å². The van der Waals surface area contributed by atoms with Crippen molar-refractivity contribution in [3.05, 3.63) is 62.5 Å². The van der Waals surface area contributed by atoms with Gasteiger partial charge in [0, 0.05) is 23.3 Å². The van der Waals surface area contributed by atoms with Crippen molar-refractivity contribution in [3.63, 3.8) is 0 Å². The molecule has 1 aromatic carbocycles. The van der Waals surface area contributed by atoms with Gasteiger partial charge in [0.25, 0.3) is 11.5 Å². The molecule has 110 valence electrons. The molecule has 0 radical (unpaired) electrons. The molecule has 0 saturated heterocycles. The van der Waals surface area contributed by atoms with Crippen LogP contribution < -0.4 is 10.9 Å². The summed E-state index contributed by atoms with van der Waals surface area (Å²) in [5.41, 5.74) is 2.13. The summed E-state index contributed by atoms with van der Waals surface area (Å²) in [6, 6.07) is 8.69. The molecule has 0 aliphatic heterocycles. The number of nitrogens with one attached hydrogen (secondary N) is 1. The molecular weight excluding hydrogens is 332 g/mol. The highest BCUT2D eigenvalue weighted by atomic mass is 79.9. The Morgan fingerprint density at radius 3 is 2.76 bits per heavy atom. The van der Waals surface area contributed by atoms with Gasteiger partial charge in [-0.15, -0.1) is 0 Å². The zero-order valence-electron chi connectivity index (χ0n) is 12.0. The maximum atomic E-state index is 12.3. The Labute approximate surface area is 131 Å². The smallest absolute Gasteiger partial charge is 0.256 e. The van der Waals surface area contributed by atoms with Crippen LogP contribution in [-0.4, -0.2) is 10.5 Å². The van der Waals surface area contributed by atoms with Crippen LogP contribution in [0.1, 0.15) is 29.3 Å². The van der Waals surface area contributed by atoms with Gasteiger partial charge in [-0.2, -0.15) is 0 Å². The maximum absolute atomic E-state index is 12.3. The summed E-state index contributed by atoms with van der Waals surface area (Å²) in [4.78, 5) is 24.0. The van der Waals surface area contributed by atoms with Crippen LogP contribution in [0.25, 0.3) is 0 Å². The Balaban J connectivity index is 2.25. The molecule has 0 bridgehead atoms. The molecule has 0 saturated carbocycles. The average Bonchev–Trinajstić information content (AvgIpc) is 2.45. The summed E-state index contributed by atoms with van der Waals surface area (Å²) in [6.07, 6.45) is 2.54. The van der Waals surface area contributed by atoms with E-state index in [1.807, 2.05) is 32.0 Å². The van der Waals surface area contributed by atoms with Gasteiger partial charge in [0.1, 0.15) is 0 Å². The molecule has 0 fully saturated rings. The van der Waals surface area contributed by atoms with Crippen molar-refractivity contribution in [2.24, 2.45) is 0 Å². The van der Waals surface area contributed by atoms with E-state index >= 15 is 0 Å². The predicted octanol–water partition coefficient (Wildman–Crippen LogP) is 3.58. The molecule has 0 aliphatic rings. The van der Waals surface area contributed by atoms with Crippen LogP contribution in [0, 0.1) is 6.92 Å². The van der Waals surface area contributed by atoms with Gasteiger partial charge in [0.05, 0.1) is 11.3 Å². The number of carbonyl (C=O) groups excluding carboxylic acids is 1. The minimum atomic E-state index is -0.202. The Kier molecular flexibility index (Phi) is 4.96. The fraction of sp³-hybridized carbons (Fsp3) is 0.250. The highest BCUT2D eigenvalue weighted by molar-refractivity contribution is 9.10. The lowest BCUT2D eigenvalue weighted by molar-refractivity contribution is 0.102. The van der Waals surface area contributed by atoms with E-state index in [0.29, 0.717) is 17.8 Å². The molecule has 4 nitrogen and oxygen atoms in total. The lowest BCUT2D eigenvalue weighted by Crippen LogP contribution is -2.20. The monoisotopic (exact) mass is 348 g/mol. The molecule has 1 aromatic heterocycles. The first-order valence-electron chi connectivity index (χ1n) is 6.79. The first-order valence-corrected chi connectivity index (χ1v) is 7.58. The Bertz CT molecular complexity index is 722. The number of aryl methyl sites for hydroxylation is 2. The summed E-state index contributed by atoms with van der Waals surface area (Å²) >= 11 is 3.38. The molecule has 0 aliphatic carbocycles. The van der Waals surface area contributed by atoms with Crippen LogP contribution in [-0.2, 0) is 6.54 Å². The lowest BCUT2D eigenvalue weighted by atomic mass is 10.1. The van der Waals surface area contributed by atoms with E-state index in [1.54, 1.807) is 16.8 Å². The van der Waals surface area contributed by atoms with Gasteiger partial charge in [-0.3, -0.25) is 9.59 Å². The van der Waals surface area contributed by atoms with Crippen molar-refractivity contribution < 1.29 is 4.79 Å². The first-order chi connectivity index (χ1) is 10.0. The number of rotatable bonds is 4. The third kappa shape index (κ3) is 3.82. The molecule has 2 aromatic rings. The van der Waals surface area contributed by atoms with Gasteiger partial charge >= 0.3 is 0 Å². The van der Waals surface area contributed by atoms with Crippen LogP contribution in [0.15, 0.2) is 45.8 Å². The van der Waals surface area contributed by atoms with Crippen molar-refractivity contribution in [2.45, 2.75) is 26.8 Å². The number of amides is 1. The minimum absolute atomic E-state index is 0.0633. The molecule has 0 spiro atoms. The predicted molar refractivity (Wildman–Crippen MR) is 87.8 cm³/mol. The Morgan fingerprint density at radius 1 is 1.29 bits per heavy atom. The van der Waals surface area contributed by atoms with E-state index in [9.17, 15) is 9.59 Å². The van der Waals surface area contributed by atoms with E-state index in [0.717, 1.165) is 16.5 Å². The third-order valence-corrected chi connectivity index (χ3v) is 3.76. The minimum Gasteiger partial charge on any atom is -0.321 e. The van der Waals surface area contributed by atoms with Gasteiger partial charge in [-0.05, 0) is 47.5 Å². The number of carbonyl (C=O) groups is 1. The van der Waals surface area contributed by atoms with Crippen molar-refractivity contribution in [1.82, 2.24) is 4.57 Å². The highest BCUT2D eigenvalue weighted by Gasteiger charge is 2.11. The molecule has 0 atom stereocenters. The van der Waals surface area contributed by atoms with Gasteiger partial charge in [-0.1, -0.05) is 18.6 Å². The van der Waals surface area contributed by atoms with Gasteiger partial charge in [0.15, 0.2) is 0 Å². The van der Waals surface area contributed by atoms with Gasteiger partial charge in [-0.25, -0.2) is 0 Å². The second kappa shape index (κ2) is 6.72. The average molecular weight is 349 g/mol. The number of hydrogen-bond donors (Lipinski definition) is 1. The van der Waals surface area contributed by atoms with Crippen molar-refractivity contribution in [3.8, 4) is 0 Å². The SMILES string of the molecule is CCCn1cc(NC(=O)c2cc(C)ccc2Br)ccc1=O. The lowest BCUT2D eigenvalue weighted by Gasteiger charge is -2.10. The fourth-order valence-electron chi connectivity index (χ4n) is 2.03. The number of halogens is 1. The van der Waals surface area contributed by atoms with Crippen molar-refractivity contribution in [2.75, 3.05) is 5.32 Å². The van der Waals surface area contributed by atoms with Crippen molar-refractivity contribution in [1.29, 1.82) is 0 Å². The summed E-state index contributed by atoms with van der Waals surface area (Å²) in [7, 11) is 0. The van der Waals surface area contributed by atoms with Crippen LogP contribution in [0.2, 0.25) is 0 Å². The van der Waals surface area contributed by atoms with Crippen LogP contribution in [0.5, 0.6) is 0 Å². The second-order valence-corrected chi connectivity index (χ2v) is 5.74. The number of nitrogens with zero attached hydrogens (tertiary/aromatic N) is 1. The topological polar surface area (TPSA) is 51.1 Å². The molecular formula is C16H17BrN2O2. The number of aromatic nitrogens is 1. The van der Waals surface area contributed by atoms with Gasteiger partial charge < -0.3 is 9.88 Å². The normalized spacial score (nSPS) is 10.4. The molecule has 1 heterocycles. The maximum Gasteiger partial charge on any atom is 0.256 e. The van der Waals surface area contributed by atoms with Crippen molar-refractivity contribution >= 4 is 27.5 Å². The number of hydrogen-bond acceptors (Lipinski definition) is 2. The third-order valence-electron chi connectivity index (χ3n) is 3.07. The van der Waals surface area contributed by atoms with Crippen LogP contribution in [0.3, 0.4) is 0 Å². The molecule has 1 amide bonds. The molecule has 1 N–H and O–H groups in total. The number of anilines is 1. The van der Waals surface area contributed by atoms with E-state index in [1.165, 1.54) is 6.07 Å². The highest BCUT2D eigenvalue weighted by Crippen LogP contribution is 2.19. The zero-order chi connectivity index (χ0) is 15.4. The van der Waals surface area contributed by atoms with Crippen LogP contribution in [0.4, 0.5) is 5.69 Å². The standard InChI is InChI=1S/C16H17BrN2O2/c1-3-8-19-10-12(5-7-15(19)20)18-16(21)13-9-11(2)4-6-14(13)17/h4-7,9-10H,3,8H2,1-2H3,(H,18,21). The summed E-state index contributed by atoms with van der Waals surface area (Å²) < 4.78 is 2.34. The molecule has 21 heavy (non-hydrogen) atoms. The summed E-state index contributed by atoms with van der Waals surface area (Å²) in [6.45, 7) is 4.57. The fourth-order valence-corrected chi connectivity index (χ4v) is 2.46. The summed E-state index contributed by atoms with van der Waals surface area (Å²) in [5.74, 6) is -0.202. The zero-order valence-corrected chi connectivity index (χ0v) is 13.6. The summed E-state index contributed by atoms with van der Waals surface area (Å²) in [5, 5.41) is 2.82. The Hall–Kier alpha value is -1.88. The molecule has 2 rings (SSSR count). The Morgan fingerprint density at radius 2 is 2.05 bits per heavy atom. The molecule has 5 heteroatoms. The number of benzene rings is 1. The number of pyridine rings is 1. The van der Waals surface area contributed by atoms with E-state index in [-0.39, 0.29) is 11.5 Å².